The molecular formula is C29H19F6N2O4+. The Balaban J connectivity index is 1.67. The molecule has 4 aromatic rings. The van der Waals surface area contributed by atoms with Crippen molar-refractivity contribution in [3.8, 4) is 34.3 Å². The van der Waals surface area contributed by atoms with Gasteiger partial charge in [0.05, 0.1) is 29.6 Å². The molecule has 0 atom stereocenters. The Morgan fingerprint density at radius 2 is 1.68 bits per heavy atom. The van der Waals surface area contributed by atoms with Crippen LogP contribution in [0.1, 0.15) is 22.4 Å². The first-order chi connectivity index (χ1) is 19.5. The molecule has 5 rings (SSSR count). The minimum Gasteiger partial charge on any atom is -0.490 e. The lowest BCUT2D eigenvalue weighted by Crippen LogP contribution is -2.12. The molecule has 0 unspecified atom stereocenters. The third-order valence-electron chi connectivity index (χ3n) is 6.15. The lowest BCUT2D eigenvalue weighted by atomic mass is 10.0. The molecule has 0 spiro atoms. The fourth-order valence-corrected chi connectivity index (χ4v) is 4.19. The number of hydrogen-bond acceptors (Lipinski definition) is 5. The third kappa shape index (κ3) is 5.72. The van der Waals surface area contributed by atoms with Crippen molar-refractivity contribution in [1.29, 1.82) is 0 Å². The van der Waals surface area contributed by atoms with Gasteiger partial charge < -0.3 is 14.2 Å². The van der Waals surface area contributed by atoms with Crippen molar-refractivity contribution in [2.45, 2.75) is 19.3 Å². The maximum Gasteiger partial charge on any atom is 0.419 e. The minimum atomic E-state index is -5.10. The van der Waals surface area contributed by atoms with E-state index in [-0.39, 0.29) is 35.9 Å². The van der Waals surface area contributed by atoms with Gasteiger partial charge in [0.1, 0.15) is 23.9 Å². The van der Waals surface area contributed by atoms with Crippen LogP contribution in [0, 0.1) is 22.4 Å². The fourth-order valence-electron chi connectivity index (χ4n) is 4.19. The van der Waals surface area contributed by atoms with Crippen LogP contribution in [-0.2, 0) is 19.3 Å². The number of ether oxygens (including phenoxy) is 3. The summed E-state index contributed by atoms with van der Waals surface area (Å²) in [7, 11) is 1.02. The molecular weight excluding hydrogens is 554 g/mol. The summed E-state index contributed by atoms with van der Waals surface area (Å²) in [6, 6.07) is 13.0. The van der Waals surface area contributed by atoms with Gasteiger partial charge in [0.2, 0.25) is 24.3 Å². The number of halogens is 6. The lowest BCUT2D eigenvalue weighted by molar-refractivity contribution is -0.496. The summed E-state index contributed by atoms with van der Waals surface area (Å²) in [6.45, 7) is -0.0455. The van der Waals surface area contributed by atoms with E-state index in [1.165, 1.54) is 18.3 Å². The molecule has 0 radical (unpaired) electrons. The normalized spacial score (nSPS) is 12.7. The number of alkyl halides is 3. The van der Waals surface area contributed by atoms with Crippen LogP contribution in [-0.4, -0.2) is 16.9 Å². The predicted molar refractivity (Wildman–Crippen MR) is 135 cm³/mol. The Bertz CT molecular complexity index is 1670. The largest absolute Gasteiger partial charge is 0.490 e. The number of benzene rings is 3. The molecule has 1 aliphatic rings. The average Bonchev–Trinajstić information content (AvgIpc) is 2.94. The zero-order valence-electron chi connectivity index (χ0n) is 21.1. The van der Waals surface area contributed by atoms with E-state index < -0.39 is 46.4 Å². The zero-order valence-corrected chi connectivity index (χ0v) is 21.1. The minimum absolute atomic E-state index is 0.0695. The number of fused-ring (bicyclic) bond motifs is 1. The van der Waals surface area contributed by atoms with E-state index in [1.807, 2.05) is 6.07 Å². The molecule has 1 aromatic heterocycles. The summed E-state index contributed by atoms with van der Waals surface area (Å²) in [5, 5.41) is 0. The molecule has 0 saturated heterocycles. The molecule has 0 saturated carbocycles. The summed E-state index contributed by atoms with van der Waals surface area (Å²) in [6.07, 6.45) is -2.52. The first-order valence-electron chi connectivity index (χ1n) is 12.0. The van der Waals surface area contributed by atoms with E-state index in [9.17, 15) is 31.2 Å². The third-order valence-corrected chi connectivity index (χ3v) is 6.15. The summed E-state index contributed by atoms with van der Waals surface area (Å²) in [4.78, 5) is 16.5. The van der Waals surface area contributed by atoms with Gasteiger partial charge in [-0.3, -0.25) is 0 Å². The highest BCUT2D eigenvalue weighted by molar-refractivity contribution is 5.73. The summed E-state index contributed by atoms with van der Waals surface area (Å²) >= 11 is 0. The highest BCUT2D eigenvalue weighted by Gasteiger charge is 2.36. The first-order valence-corrected chi connectivity index (χ1v) is 12.0. The van der Waals surface area contributed by atoms with Gasteiger partial charge in [0.25, 0.3) is 0 Å². The summed E-state index contributed by atoms with van der Waals surface area (Å²) in [5.74, 6) is -5.90. The second-order valence-corrected chi connectivity index (χ2v) is 8.86. The van der Waals surface area contributed by atoms with Crippen molar-refractivity contribution in [3.63, 3.8) is 0 Å². The standard InChI is InChI=1S/C29H19F6N2O4/c1-39-28-24(8-7-20(30)27(28)32)41-26-12-19(29(33,34)35)21(31)11-17(26)23-13-25(40-15-16-5-3-2-4-6-16)18-14-37(38)10-9-22(18)36-23/h2-13H,14-15H2,1H3/q+1. The van der Waals surface area contributed by atoms with Crippen molar-refractivity contribution in [1.82, 2.24) is 4.98 Å². The van der Waals surface area contributed by atoms with Gasteiger partial charge in [-0.05, 0) is 29.8 Å². The summed E-state index contributed by atoms with van der Waals surface area (Å²) in [5.41, 5.74) is -0.528. The van der Waals surface area contributed by atoms with Gasteiger partial charge in [-0.1, -0.05) is 30.3 Å². The molecule has 12 heteroatoms. The van der Waals surface area contributed by atoms with Crippen molar-refractivity contribution in [2.24, 2.45) is 0 Å². The Hall–Kier alpha value is -4.87. The van der Waals surface area contributed by atoms with Crippen LogP contribution >= 0.6 is 0 Å². The molecule has 3 aromatic carbocycles. The SMILES string of the molecule is COc1c(Oc2cc(C(F)(F)F)c(F)cc2-c2cc(OCc3ccccc3)c3c(n2)C=C[N+](=O)C3)ccc(F)c1F. The molecule has 41 heavy (non-hydrogen) atoms. The number of pyridine rings is 1. The van der Waals surface area contributed by atoms with Gasteiger partial charge in [-0.25, -0.2) is 13.8 Å². The van der Waals surface area contributed by atoms with Crippen LogP contribution in [0.25, 0.3) is 17.3 Å². The predicted octanol–water partition coefficient (Wildman–Crippen LogP) is 7.83. The number of nitroso groups, excluding NO2 is 1. The molecule has 1 aliphatic heterocycles. The topological polar surface area (TPSA) is 60.7 Å². The summed E-state index contributed by atoms with van der Waals surface area (Å²) < 4.78 is 101. The van der Waals surface area contributed by atoms with Crippen LogP contribution < -0.4 is 14.2 Å². The first kappa shape index (κ1) is 27.7. The number of methoxy groups -OCH3 is 1. The Kier molecular flexibility index (Phi) is 7.40. The second-order valence-electron chi connectivity index (χ2n) is 8.86. The Morgan fingerprint density at radius 1 is 0.927 bits per heavy atom. The highest BCUT2D eigenvalue weighted by Crippen LogP contribution is 2.44. The van der Waals surface area contributed by atoms with Crippen molar-refractivity contribution in [2.75, 3.05) is 7.11 Å². The van der Waals surface area contributed by atoms with E-state index in [0.29, 0.717) is 28.5 Å². The van der Waals surface area contributed by atoms with Crippen molar-refractivity contribution < 1.29 is 45.3 Å². The Morgan fingerprint density at radius 3 is 2.39 bits per heavy atom. The molecule has 0 N–H and O–H groups in total. The monoisotopic (exact) mass is 573 g/mol. The Labute approximate surface area is 229 Å². The fraction of sp³-hybridized carbons (Fsp3) is 0.138. The van der Waals surface area contributed by atoms with Crippen molar-refractivity contribution in [3.05, 3.63) is 112 Å². The van der Waals surface area contributed by atoms with Crippen LogP contribution in [0.15, 0.2) is 66.9 Å². The van der Waals surface area contributed by atoms with E-state index in [2.05, 4.69) is 4.98 Å². The molecule has 0 fully saturated rings. The van der Waals surface area contributed by atoms with Crippen molar-refractivity contribution >= 4 is 6.08 Å². The van der Waals surface area contributed by atoms with Crippen LogP contribution in [0.3, 0.4) is 0 Å². The second kappa shape index (κ2) is 11.0. The van der Waals surface area contributed by atoms with E-state index >= 15 is 0 Å². The number of aromatic nitrogens is 1. The number of nitrogens with zero attached hydrogens (tertiary/aromatic N) is 2. The van der Waals surface area contributed by atoms with Gasteiger partial charge in [-0.2, -0.15) is 17.6 Å². The number of hydrogen-bond donors (Lipinski definition) is 0. The molecule has 210 valence electrons. The van der Waals surface area contributed by atoms with Gasteiger partial charge in [-0.15, -0.1) is 0 Å². The van der Waals surface area contributed by atoms with Crippen LogP contribution in [0.2, 0.25) is 0 Å². The molecule has 2 heterocycles. The maximum absolute atomic E-state index is 14.8. The van der Waals surface area contributed by atoms with E-state index in [1.54, 1.807) is 24.3 Å². The highest BCUT2D eigenvalue weighted by atomic mass is 19.4. The molecule has 0 aliphatic carbocycles. The lowest BCUT2D eigenvalue weighted by Gasteiger charge is -2.19. The quantitative estimate of drug-likeness (QED) is 0.167. The molecule has 0 bridgehead atoms. The molecule has 0 amide bonds. The van der Waals surface area contributed by atoms with Gasteiger partial charge in [0.15, 0.2) is 11.6 Å². The number of rotatable bonds is 7. The molecule has 6 nitrogen and oxygen atoms in total. The van der Waals surface area contributed by atoms with Gasteiger partial charge in [0, 0.05) is 27.4 Å². The van der Waals surface area contributed by atoms with Crippen LogP contribution in [0.5, 0.6) is 23.0 Å². The van der Waals surface area contributed by atoms with Crippen LogP contribution in [0.4, 0.5) is 26.3 Å². The van der Waals surface area contributed by atoms with Gasteiger partial charge >= 0.3 is 6.18 Å². The maximum atomic E-state index is 14.8. The van der Waals surface area contributed by atoms with E-state index in [0.717, 1.165) is 18.7 Å². The smallest absolute Gasteiger partial charge is 0.419 e. The zero-order chi connectivity index (χ0) is 29.3. The average molecular weight is 573 g/mol. The van der Waals surface area contributed by atoms with E-state index in [4.69, 9.17) is 14.2 Å².